The van der Waals surface area contributed by atoms with Crippen LogP contribution in [-0.2, 0) is 6.42 Å². The van der Waals surface area contributed by atoms with E-state index in [1.54, 1.807) is 7.11 Å². The van der Waals surface area contributed by atoms with Crippen LogP contribution in [0, 0.1) is 0 Å². The zero-order valence-corrected chi connectivity index (χ0v) is 13.5. The van der Waals surface area contributed by atoms with Gasteiger partial charge in [0.2, 0.25) is 0 Å². The Balaban J connectivity index is 2.28. The Morgan fingerprint density at radius 2 is 1.85 bits per heavy atom. The highest BCUT2D eigenvalue weighted by atomic mass is 79.9. The summed E-state index contributed by atoms with van der Waals surface area (Å²) in [5.74, 6) is 0.810. The molecule has 3 heteroatoms. The molecule has 0 radical (unpaired) electrons. The highest BCUT2D eigenvalue weighted by Crippen LogP contribution is 2.31. The standard InChI is InChI=1S/C17H20BrNO/c1-3-4-12-5-7-13(8-6-12)17(19)15-10-9-14(18)11-16(15)20-2/h5-11,17H,3-4,19H2,1-2H3. The van der Waals surface area contributed by atoms with Gasteiger partial charge in [0, 0.05) is 10.0 Å². The second-order valence-corrected chi connectivity index (χ2v) is 5.77. The third-order valence-electron chi connectivity index (χ3n) is 3.41. The summed E-state index contributed by atoms with van der Waals surface area (Å²) in [5.41, 5.74) is 9.83. The lowest BCUT2D eigenvalue weighted by Crippen LogP contribution is -2.13. The van der Waals surface area contributed by atoms with E-state index in [0.29, 0.717) is 0 Å². The number of ether oxygens (including phenoxy) is 1. The number of methoxy groups -OCH3 is 1. The van der Waals surface area contributed by atoms with Crippen LogP contribution in [0.15, 0.2) is 46.9 Å². The number of hydrogen-bond acceptors (Lipinski definition) is 2. The van der Waals surface area contributed by atoms with E-state index in [1.165, 1.54) is 5.56 Å². The maximum absolute atomic E-state index is 6.37. The van der Waals surface area contributed by atoms with E-state index in [4.69, 9.17) is 10.5 Å². The van der Waals surface area contributed by atoms with Crippen LogP contribution in [0.4, 0.5) is 0 Å². The average molecular weight is 334 g/mol. The van der Waals surface area contributed by atoms with Crippen molar-refractivity contribution in [3.63, 3.8) is 0 Å². The second kappa shape index (κ2) is 6.91. The monoisotopic (exact) mass is 333 g/mol. The summed E-state index contributed by atoms with van der Waals surface area (Å²) >= 11 is 3.45. The van der Waals surface area contributed by atoms with Gasteiger partial charge in [-0.15, -0.1) is 0 Å². The number of benzene rings is 2. The summed E-state index contributed by atoms with van der Waals surface area (Å²) in [5, 5.41) is 0. The number of halogens is 1. The van der Waals surface area contributed by atoms with E-state index in [9.17, 15) is 0 Å². The third-order valence-corrected chi connectivity index (χ3v) is 3.90. The molecule has 20 heavy (non-hydrogen) atoms. The minimum atomic E-state index is -0.172. The van der Waals surface area contributed by atoms with Crippen LogP contribution in [0.1, 0.15) is 36.1 Å². The molecule has 0 saturated heterocycles. The SMILES string of the molecule is CCCc1ccc(C(N)c2ccc(Br)cc2OC)cc1. The highest BCUT2D eigenvalue weighted by molar-refractivity contribution is 9.10. The molecule has 0 bridgehead atoms. The lowest BCUT2D eigenvalue weighted by atomic mass is 9.97. The first-order valence-corrected chi connectivity index (χ1v) is 7.63. The van der Waals surface area contributed by atoms with Crippen molar-refractivity contribution in [1.82, 2.24) is 0 Å². The summed E-state index contributed by atoms with van der Waals surface area (Å²) in [4.78, 5) is 0. The fourth-order valence-corrected chi connectivity index (χ4v) is 2.64. The molecule has 0 fully saturated rings. The molecule has 0 aliphatic heterocycles. The zero-order chi connectivity index (χ0) is 14.5. The van der Waals surface area contributed by atoms with Crippen molar-refractivity contribution in [1.29, 1.82) is 0 Å². The van der Waals surface area contributed by atoms with E-state index < -0.39 is 0 Å². The molecule has 0 heterocycles. The van der Waals surface area contributed by atoms with Gasteiger partial charge in [-0.2, -0.15) is 0 Å². The van der Waals surface area contributed by atoms with Crippen LogP contribution in [0.2, 0.25) is 0 Å². The molecule has 2 N–H and O–H groups in total. The Morgan fingerprint density at radius 3 is 2.45 bits per heavy atom. The van der Waals surface area contributed by atoms with Crippen LogP contribution >= 0.6 is 15.9 Å². The normalized spacial score (nSPS) is 12.2. The highest BCUT2D eigenvalue weighted by Gasteiger charge is 2.14. The van der Waals surface area contributed by atoms with Gasteiger partial charge in [0.25, 0.3) is 0 Å². The van der Waals surface area contributed by atoms with Gasteiger partial charge in [0.15, 0.2) is 0 Å². The fourth-order valence-electron chi connectivity index (χ4n) is 2.30. The van der Waals surface area contributed by atoms with Crippen LogP contribution in [-0.4, -0.2) is 7.11 Å². The Kier molecular flexibility index (Phi) is 5.21. The van der Waals surface area contributed by atoms with Crippen molar-refractivity contribution in [3.05, 3.63) is 63.6 Å². The summed E-state index contributed by atoms with van der Waals surface area (Å²) in [6.45, 7) is 2.19. The average Bonchev–Trinajstić information content (AvgIpc) is 2.47. The predicted molar refractivity (Wildman–Crippen MR) is 87.2 cm³/mol. The molecule has 106 valence electrons. The molecule has 1 atom stereocenters. The van der Waals surface area contributed by atoms with E-state index >= 15 is 0 Å². The molecule has 0 aliphatic rings. The molecular weight excluding hydrogens is 314 g/mol. The van der Waals surface area contributed by atoms with Gasteiger partial charge in [0.05, 0.1) is 13.2 Å². The molecule has 0 aliphatic carbocycles. The Hall–Kier alpha value is -1.32. The Bertz CT molecular complexity index is 566. The molecule has 2 aromatic carbocycles. The number of aryl methyl sites for hydroxylation is 1. The number of hydrogen-bond donors (Lipinski definition) is 1. The van der Waals surface area contributed by atoms with E-state index in [-0.39, 0.29) is 6.04 Å². The van der Waals surface area contributed by atoms with Crippen LogP contribution in [0.3, 0.4) is 0 Å². The molecule has 0 spiro atoms. The van der Waals surface area contributed by atoms with Gasteiger partial charge in [-0.3, -0.25) is 0 Å². The van der Waals surface area contributed by atoms with E-state index in [2.05, 4.69) is 47.1 Å². The molecule has 0 aromatic heterocycles. The first-order chi connectivity index (χ1) is 9.65. The first kappa shape index (κ1) is 15.1. The Labute approximate surface area is 129 Å². The molecule has 0 amide bonds. The van der Waals surface area contributed by atoms with Crippen LogP contribution in [0.5, 0.6) is 5.75 Å². The summed E-state index contributed by atoms with van der Waals surface area (Å²) in [7, 11) is 1.67. The lowest BCUT2D eigenvalue weighted by molar-refractivity contribution is 0.407. The molecule has 1 unspecified atom stereocenters. The van der Waals surface area contributed by atoms with Crippen molar-refractivity contribution in [2.24, 2.45) is 5.73 Å². The van der Waals surface area contributed by atoms with Gasteiger partial charge < -0.3 is 10.5 Å². The maximum atomic E-state index is 6.37. The first-order valence-electron chi connectivity index (χ1n) is 6.83. The molecule has 0 saturated carbocycles. The second-order valence-electron chi connectivity index (χ2n) is 4.86. The third kappa shape index (κ3) is 3.41. The van der Waals surface area contributed by atoms with Crippen LogP contribution in [0.25, 0.3) is 0 Å². The predicted octanol–water partition coefficient (Wildman–Crippen LogP) is 4.46. The number of nitrogens with two attached hydrogens (primary N) is 1. The van der Waals surface area contributed by atoms with Gasteiger partial charge in [0.1, 0.15) is 5.75 Å². The van der Waals surface area contributed by atoms with E-state index in [1.807, 2.05) is 18.2 Å². The molecular formula is C17H20BrNO. The largest absolute Gasteiger partial charge is 0.496 e. The van der Waals surface area contributed by atoms with Crippen molar-refractivity contribution in [2.45, 2.75) is 25.8 Å². The molecule has 2 aromatic rings. The molecule has 2 nitrogen and oxygen atoms in total. The van der Waals surface area contributed by atoms with Crippen LogP contribution < -0.4 is 10.5 Å². The van der Waals surface area contributed by atoms with Crippen molar-refractivity contribution in [3.8, 4) is 5.75 Å². The Morgan fingerprint density at radius 1 is 1.15 bits per heavy atom. The van der Waals surface area contributed by atoms with Crippen molar-refractivity contribution < 1.29 is 4.74 Å². The topological polar surface area (TPSA) is 35.2 Å². The number of rotatable bonds is 5. The van der Waals surface area contributed by atoms with Gasteiger partial charge >= 0.3 is 0 Å². The van der Waals surface area contributed by atoms with E-state index in [0.717, 1.165) is 34.2 Å². The lowest BCUT2D eigenvalue weighted by Gasteiger charge is -2.17. The van der Waals surface area contributed by atoms with Crippen molar-refractivity contribution in [2.75, 3.05) is 7.11 Å². The quantitative estimate of drug-likeness (QED) is 0.876. The summed E-state index contributed by atoms with van der Waals surface area (Å²) in [6, 6.07) is 14.3. The fraction of sp³-hybridized carbons (Fsp3) is 0.294. The van der Waals surface area contributed by atoms with Gasteiger partial charge in [-0.05, 0) is 29.7 Å². The van der Waals surface area contributed by atoms with Gasteiger partial charge in [-0.25, -0.2) is 0 Å². The smallest absolute Gasteiger partial charge is 0.125 e. The minimum Gasteiger partial charge on any atom is -0.496 e. The summed E-state index contributed by atoms with van der Waals surface area (Å²) < 4.78 is 6.41. The summed E-state index contributed by atoms with van der Waals surface area (Å²) in [6.07, 6.45) is 2.27. The van der Waals surface area contributed by atoms with Gasteiger partial charge in [-0.1, -0.05) is 59.6 Å². The maximum Gasteiger partial charge on any atom is 0.125 e. The molecule has 2 rings (SSSR count). The minimum absolute atomic E-state index is 0.172. The zero-order valence-electron chi connectivity index (χ0n) is 11.9. The van der Waals surface area contributed by atoms with Crippen molar-refractivity contribution >= 4 is 15.9 Å².